The number of nitrogens with zero attached hydrogens (tertiary/aromatic N) is 3. The van der Waals surface area contributed by atoms with Gasteiger partial charge in [-0.05, 0) is 36.2 Å². The number of sulfone groups is 1. The summed E-state index contributed by atoms with van der Waals surface area (Å²) < 4.78 is 25.6. The molecule has 1 aromatic heterocycles. The number of hydrogen-bond acceptors (Lipinski definition) is 5. The second-order valence-corrected chi connectivity index (χ2v) is 9.43. The maximum atomic E-state index is 13.0. The number of carbonyl (C=O) groups excluding carboxylic acids is 1. The van der Waals surface area contributed by atoms with Crippen LogP contribution in [-0.4, -0.2) is 48.0 Å². The maximum absolute atomic E-state index is 13.0. The Hall–Kier alpha value is -2.51. The molecule has 4 rings (SSSR count). The molecule has 2 aromatic carbocycles. The van der Waals surface area contributed by atoms with Crippen molar-refractivity contribution in [2.24, 2.45) is 0 Å². The fourth-order valence-corrected chi connectivity index (χ4v) is 5.66. The summed E-state index contributed by atoms with van der Waals surface area (Å²) in [5.74, 6) is -0.301. The van der Waals surface area contributed by atoms with E-state index in [9.17, 15) is 13.2 Å². The quantitative estimate of drug-likeness (QED) is 0.641. The number of aromatic nitrogens is 2. The van der Waals surface area contributed by atoms with Gasteiger partial charge in [-0.25, -0.2) is 8.42 Å². The maximum Gasteiger partial charge on any atom is 0.253 e. The number of carbonyl (C=O) groups is 1. The fraction of sp³-hybridized carbons (Fsp3) is 0.250. The van der Waals surface area contributed by atoms with E-state index in [1.165, 1.54) is 0 Å². The molecule has 1 atom stereocenters. The molecule has 6 nitrogen and oxygen atoms in total. The van der Waals surface area contributed by atoms with Gasteiger partial charge in [0.1, 0.15) is 0 Å². The molecule has 28 heavy (non-hydrogen) atoms. The molecule has 0 saturated carbocycles. The molecular formula is C20H18ClN3O3S. The predicted octanol–water partition coefficient (Wildman–Crippen LogP) is 3.29. The number of rotatable bonds is 2. The Morgan fingerprint density at radius 1 is 1.04 bits per heavy atom. The molecule has 1 aliphatic rings. The Labute approximate surface area is 168 Å². The van der Waals surface area contributed by atoms with Gasteiger partial charge in [0.25, 0.3) is 5.91 Å². The summed E-state index contributed by atoms with van der Waals surface area (Å²) in [4.78, 5) is 23.0. The molecule has 1 fully saturated rings. The van der Waals surface area contributed by atoms with Gasteiger partial charge in [0, 0.05) is 36.1 Å². The minimum Gasteiger partial charge on any atom is -0.338 e. The number of amides is 1. The van der Waals surface area contributed by atoms with Gasteiger partial charge in [-0.3, -0.25) is 14.8 Å². The number of halogens is 1. The molecule has 0 N–H and O–H groups in total. The van der Waals surface area contributed by atoms with Gasteiger partial charge in [0.05, 0.1) is 22.0 Å². The normalized spacial score (nSPS) is 19.3. The van der Waals surface area contributed by atoms with Gasteiger partial charge in [0.15, 0.2) is 9.84 Å². The molecule has 1 saturated heterocycles. The Balaban J connectivity index is 1.60. The van der Waals surface area contributed by atoms with Gasteiger partial charge in [-0.2, -0.15) is 0 Å². The van der Waals surface area contributed by atoms with Crippen molar-refractivity contribution in [2.45, 2.75) is 11.7 Å². The van der Waals surface area contributed by atoms with Crippen molar-refractivity contribution in [3.05, 3.63) is 71.0 Å². The molecular weight excluding hydrogens is 398 g/mol. The van der Waals surface area contributed by atoms with Crippen molar-refractivity contribution in [1.82, 2.24) is 14.9 Å². The van der Waals surface area contributed by atoms with Crippen LogP contribution in [0.4, 0.5) is 0 Å². The van der Waals surface area contributed by atoms with Crippen LogP contribution in [0.5, 0.6) is 0 Å². The molecule has 8 heteroatoms. The van der Waals surface area contributed by atoms with Crippen molar-refractivity contribution in [3.63, 3.8) is 0 Å². The largest absolute Gasteiger partial charge is 0.338 e. The van der Waals surface area contributed by atoms with Crippen LogP contribution in [0.1, 0.15) is 27.6 Å². The minimum absolute atomic E-state index is 0.0952. The van der Waals surface area contributed by atoms with Crippen LogP contribution >= 0.6 is 11.6 Å². The number of benzene rings is 2. The van der Waals surface area contributed by atoms with Crippen molar-refractivity contribution in [2.75, 3.05) is 18.8 Å². The third kappa shape index (κ3) is 3.59. The lowest BCUT2D eigenvalue weighted by molar-refractivity contribution is 0.0766. The Bertz CT molecular complexity index is 1150. The van der Waals surface area contributed by atoms with Crippen LogP contribution in [-0.2, 0) is 9.84 Å². The Morgan fingerprint density at radius 3 is 2.57 bits per heavy atom. The molecule has 144 valence electrons. The third-order valence-electron chi connectivity index (χ3n) is 5.00. The van der Waals surface area contributed by atoms with Crippen molar-refractivity contribution >= 4 is 38.4 Å². The van der Waals surface area contributed by atoms with E-state index >= 15 is 0 Å². The lowest BCUT2D eigenvalue weighted by Gasteiger charge is -2.20. The van der Waals surface area contributed by atoms with Crippen molar-refractivity contribution < 1.29 is 13.2 Å². The van der Waals surface area contributed by atoms with E-state index in [-0.39, 0.29) is 18.2 Å². The molecule has 2 heterocycles. The van der Waals surface area contributed by atoms with Crippen LogP contribution in [0.25, 0.3) is 11.0 Å². The molecule has 1 aliphatic heterocycles. The predicted molar refractivity (Wildman–Crippen MR) is 108 cm³/mol. The molecule has 0 spiro atoms. The Morgan fingerprint density at radius 2 is 1.79 bits per heavy atom. The van der Waals surface area contributed by atoms with Crippen LogP contribution in [0.15, 0.2) is 54.9 Å². The second-order valence-electron chi connectivity index (χ2n) is 6.72. The van der Waals surface area contributed by atoms with E-state index in [0.29, 0.717) is 40.1 Å². The lowest BCUT2D eigenvalue weighted by Crippen LogP contribution is -2.33. The zero-order chi connectivity index (χ0) is 19.7. The van der Waals surface area contributed by atoms with Crippen LogP contribution in [0, 0.1) is 0 Å². The highest BCUT2D eigenvalue weighted by Gasteiger charge is 2.34. The highest BCUT2D eigenvalue weighted by Crippen LogP contribution is 2.34. The average molecular weight is 416 g/mol. The van der Waals surface area contributed by atoms with Crippen LogP contribution < -0.4 is 0 Å². The topological polar surface area (TPSA) is 80.2 Å². The third-order valence-corrected chi connectivity index (χ3v) is 7.45. The lowest BCUT2D eigenvalue weighted by atomic mass is 10.1. The number of fused-ring (bicyclic) bond motifs is 1. The standard InChI is InChI=1S/C20H18ClN3O3S/c21-16-4-2-1-3-15(16)19-7-10-24(11-12-28(19,26)27)20(25)14-5-6-17-18(13-14)23-9-8-22-17/h1-6,8-9,13,19H,7,10-12H2/t19-/m0/s1. The summed E-state index contributed by atoms with van der Waals surface area (Å²) in [7, 11) is -3.42. The monoisotopic (exact) mass is 415 g/mol. The molecule has 0 bridgehead atoms. The summed E-state index contributed by atoms with van der Waals surface area (Å²) in [5, 5.41) is -0.273. The van der Waals surface area contributed by atoms with E-state index in [4.69, 9.17) is 11.6 Å². The fourth-order valence-electron chi connectivity index (χ4n) is 3.51. The second kappa shape index (κ2) is 7.48. The average Bonchev–Trinajstić information content (AvgIpc) is 2.85. The van der Waals surface area contributed by atoms with Crippen molar-refractivity contribution in [3.8, 4) is 0 Å². The summed E-state index contributed by atoms with van der Waals surface area (Å²) in [6.07, 6.45) is 3.48. The van der Waals surface area contributed by atoms with Gasteiger partial charge in [-0.15, -0.1) is 0 Å². The van der Waals surface area contributed by atoms with E-state index in [2.05, 4.69) is 9.97 Å². The zero-order valence-corrected chi connectivity index (χ0v) is 16.5. The molecule has 0 aliphatic carbocycles. The molecule has 1 amide bonds. The summed E-state index contributed by atoms with van der Waals surface area (Å²) in [6, 6.07) is 12.1. The first-order valence-corrected chi connectivity index (χ1v) is 11.0. The Kier molecular flexibility index (Phi) is 5.03. The van der Waals surface area contributed by atoms with E-state index in [0.717, 1.165) is 0 Å². The molecule has 0 radical (unpaired) electrons. The van der Waals surface area contributed by atoms with Gasteiger partial charge < -0.3 is 4.90 Å². The van der Waals surface area contributed by atoms with Crippen LogP contribution in [0.2, 0.25) is 5.02 Å². The first kappa shape index (κ1) is 18.8. The van der Waals surface area contributed by atoms with E-state index in [1.807, 2.05) is 0 Å². The first-order valence-electron chi connectivity index (χ1n) is 8.92. The smallest absolute Gasteiger partial charge is 0.253 e. The molecule has 0 unspecified atom stereocenters. The molecule has 3 aromatic rings. The number of hydrogen-bond donors (Lipinski definition) is 0. The zero-order valence-electron chi connectivity index (χ0n) is 15.0. The summed E-state index contributed by atoms with van der Waals surface area (Å²) in [6.45, 7) is 0.493. The van der Waals surface area contributed by atoms with Gasteiger partial charge >= 0.3 is 0 Å². The van der Waals surface area contributed by atoms with Gasteiger partial charge in [0.2, 0.25) is 0 Å². The minimum atomic E-state index is -3.42. The SMILES string of the molecule is O=C(c1ccc2nccnc2c1)N1CC[C@@H](c2ccccc2Cl)S(=O)(=O)CC1. The van der Waals surface area contributed by atoms with Crippen molar-refractivity contribution in [1.29, 1.82) is 0 Å². The van der Waals surface area contributed by atoms with E-state index < -0.39 is 15.1 Å². The highest BCUT2D eigenvalue weighted by atomic mass is 35.5. The summed E-state index contributed by atoms with van der Waals surface area (Å²) in [5.41, 5.74) is 2.40. The first-order chi connectivity index (χ1) is 13.5. The van der Waals surface area contributed by atoms with Gasteiger partial charge in [-0.1, -0.05) is 29.8 Å². The summed E-state index contributed by atoms with van der Waals surface area (Å²) >= 11 is 6.23. The van der Waals surface area contributed by atoms with E-state index in [1.54, 1.807) is 59.8 Å². The highest BCUT2D eigenvalue weighted by molar-refractivity contribution is 7.91. The van der Waals surface area contributed by atoms with Crippen LogP contribution in [0.3, 0.4) is 0 Å².